The number of fused-ring (bicyclic) bond motifs is 1. The molecular weight excluding hydrogens is 264 g/mol. The lowest BCUT2D eigenvalue weighted by atomic mass is 9.97. The van der Waals surface area contributed by atoms with Crippen LogP contribution in [0.15, 0.2) is 42.0 Å². The van der Waals surface area contributed by atoms with Crippen LogP contribution < -0.4 is 0 Å². The van der Waals surface area contributed by atoms with Crippen LogP contribution in [-0.4, -0.2) is 18.4 Å². The number of unbranched alkanes of at least 4 members (excludes halogenated alkanes) is 1. The Morgan fingerprint density at radius 3 is 2.76 bits per heavy atom. The van der Waals surface area contributed by atoms with Crippen molar-refractivity contribution in [2.75, 3.05) is 6.61 Å². The Balaban J connectivity index is 2.18. The Hall–Kier alpha value is -2.16. The summed E-state index contributed by atoms with van der Waals surface area (Å²) in [6.45, 7) is 3.78. The van der Waals surface area contributed by atoms with Crippen molar-refractivity contribution in [3.8, 4) is 0 Å². The van der Waals surface area contributed by atoms with E-state index < -0.39 is 5.97 Å². The Morgan fingerprint density at radius 2 is 2.05 bits per heavy atom. The standard InChI is InChI=1S/C18H20O3/c1-3-4-11-21-18(20)17(13(2)19)12-15-10-9-14-7-5-6-8-16(14)15/h5-10,12,15H,3-4,11H2,1-2H3. The molecule has 1 aliphatic carbocycles. The molecule has 1 aromatic rings. The largest absolute Gasteiger partial charge is 0.462 e. The minimum atomic E-state index is -0.520. The van der Waals surface area contributed by atoms with Crippen molar-refractivity contribution in [2.24, 2.45) is 0 Å². The predicted molar refractivity (Wildman–Crippen MR) is 82.8 cm³/mol. The molecule has 0 radical (unpaired) electrons. The first-order valence-corrected chi connectivity index (χ1v) is 7.30. The smallest absolute Gasteiger partial charge is 0.341 e. The molecule has 0 fully saturated rings. The molecule has 0 saturated heterocycles. The molecule has 1 aliphatic rings. The Labute approximate surface area is 125 Å². The van der Waals surface area contributed by atoms with Gasteiger partial charge in [-0.15, -0.1) is 0 Å². The summed E-state index contributed by atoms with van der Waals surface area (Å²) < 4.78 is 5.15. The highest BCUT2D eigenvalue weighted by molar-refractivity contribution is 6.16. The predicted octanol–water partition coefficient (Wildman–Crippen LogP) is 3.66. The Kier molecular flexibility index (Phi) is 5.09. The zero-order valence-electron chi connectivity index (χ0n) is 12.5. The number of carbonyl (C=O) groups is 2. The van der Waals surface area contributed by atoms with Gasteiger partial charge in [0, 0.05) is 5.92 Å². The molecule has 2 rings (SSSR count). The van der Waals surface area contributed by atoms with Gasteiger partial charge < -0.3 is 4.74 Å². The van der Waals surface area contributed by atoms with E-state index in [1.807, 2.05) is 43.3 Å². The van der Waals surface area contributed by atoms with Crippen molar-refractivity contribution in [2.45, 2.75) is 32.6 Å². The van der Waals surface area contributed by atoms with E-state index in [1.165, 1.54) is 6.92 Å². The van der Waals surface area contributed by atoms with E-state index in [0.717, 1.165) is 24.0 Å². The summed E-state index contributed by atoms with van der Waals surface area (Å²) in [4.78, 5) is 23.7. The van der Waals surface area contributed by atoms with Gasteiger partial charge in [-0.2, -0.15) is 0 Å². The molecule has 3 heteroatoms. The number of hydrogen-bond donors (Lipinski definition) is 0. The lowest BCUT2D eigenvalue weighted by molar-refractivity contribution is -0.140. The second-order valence-corrected chi connectivity index (χ2v) is 5.14. The summed E-state index contributed by atoms with van der Waals surface area (Å²) in [6, 6.07) is 7.96. The van der Waals surface area contributed by atoms with E-state index in [2.05, 4.69) is 0 Å². The van der Waals surface area contributed by atoms with E-state index in [-0.39, 0.29) is 17.3 Å². The first-order valence-electron chi connectivity index (χ1n) is 7.30. The van der Waals surface area contributed by atoms with Crippen molar-refractivity contribution in [1.82, 2.24) is 0 Å². The van der Waals surface area contributed by atoms with Gasteiger partial charge in [0.15, 0.2) is 5.78 Å². The summed E-state index contributed by atoms with van der Waals surface area (Å²) in [5, 5.41) is 0. The lowest BCUT2D eigenvalue weighted by Crippen LogP contribution is -2.15. The number of esters is 1. The number of ketones is 1. The molecule has 0 bridgehead atoms. The minimum Gasteiger partial charge on any atom is -0.462 e. The van der Waals surface area contributed by atoms with Gasteiger partial charge >= 0.3 is 5.97 Å². The van der Waals surface area contributed by atoms with Gasteiger partial charge in [-0.25, -0.2) is 4.79 Å². The van der Waals surface area contributed by atoms with Crippen LogP contribution in [0.2, 0.25) is 0 Å². The van der Waals surface area contributed by atoms with Gasteiger partial charge in [0.25, 0.3) is 0 Å². The molecular formula is C18H20O3. The maximum atomic E-state index is 12.0. The van der Waals surface area contributed by atoms with E-state index in [1.54, 1.807) is 6.08 Å². The topological polar surface area (TPSA) is 43.4 Å². The van der Waals surface area contributed by atoms with Gasteiger partial charge in [-0.1, -0.05) is 55.8 Å². The molecule has 0 spiro atoms. The second-order valence-electron chi connectivity index (χ2n) is 5.14. The maximum absolute atomic E-state index is 12.0. The summed E-state index contributed by atoms with van der Waals surface area (Å²) in [6.07, 6.45) is 7.47. The molecule has 0 aliphatic heterocycles. The van der Waals surface area contributed by atoms with Crippen LogP contribution in [0.1, 0.15) is 43.7 Å². The van der Waals surface area contributed by atoms with Gasteiger partial charge in [0.2, 0.25) is 0 Å². The number of ether oxygens (including phenoxy) is 1. The molecule has 1 atom stereocenters. The summed E-state index contributed by atoms with van der Waals surface area (Å²) in [5.41, 5.74) is 2.37. The van der Waals surface area contributed by atoms with Crippen LogP contribution in [0.4, 0.5) is 0 Å². The monoisotopic (exact) mass is 284 g/mol. The summed E-state index contributed by atoms with van der Waals surface area (Å²) >= 11 is 0. The highest BCUT2D eigenvalue weighted by Crippen LogP contribution is 2.31. The third-order valence-corrected chi connectivity index (χ3v) is 3.51. The fourth-order valence-electron chi connectivity index (χ4n) is 2.32. The van der Waals surface area contributed by atoms with Crippen LogP contribution in [0.25, 0.3) is 6.08 Å². The first-order chi connectivity index (χ1) is 10.1. The molecule has 1 aromatic carbocycles. The average Bonchev–Trinajstić information content (AvgIpc) is 2.87. The molecule has 1 unspecified atom stereocenters. The van der Waals surface area contributed by atoms with Gasteiger partial charge in [0.1, 0.15) is 0 Å². The average molecular weight is 284 g/mol. The van der Waals surface area contributed by atoms with Crippen LogP contribution >= 0.6 is 0 Å². The number of carbonyl (C=O) groups excluding carboxylic acids is 2. The van der Waals surface area contributed by atoms with E-state index >= 15 is 0 Å². The van der Waals surface area contributed by atoms with Crippen LogP contribution in [0.3, 0.4) is 0 Å². The number of Topliss-reactive ketones (excluding diaryl/α,β-unsaturated/α-hetero) is 1. The number of rotatable bonds is 6. The van der Waals surface area contributed by atoms with Crippen LogP contribution in [-0.2, 0) is 14.3 Å². The third kappa shape index (κ3) is 3.69. The fourth-order valence-corrected chi connectivity index (χ4v) is 2.32. The SMILES string of the molecule is CCCCOC(=O)C(=CC1C=Cc2ccccc21)C(C)=O. The van der Waals surface area contributed by atoms with Gasteiger partial charge in [-0.3, -0.25) is 4.79 Å². The van der Waals surface area contributed by atoms with Crippen molar-refractivity contribution < 1.29 is 14.3 Å². The van der Waals surface area contributed by atoms with Crippen LogP contribution in [0, 0.1) is 0 Å². The highest BCUT2D eigenvalue weighted by atomic mass is 16.5. The van der Waals surface area contributed by atoms with Crippen molar-refractivity contribution in [3.63, 3.8) is 0 Å². The molecule has 3 nitrogen and oxygen atoms in total. The molecule has 110 valence electrons. The maximum Gasteiger partial charge on any atom is 0.341 e. The molecule has 0 aromatic heterocycles. The van der Waals surface area contributed by atoms with E-state index in [4.69, 9.17) is 4.74 Å². The van der Waals surface area contributed by atoms with Crippen molar-refractivity contribution in [3.05, 3.63) is 53.1 Å². The van der Waals surface area contributed by atoms with Crippen molar-refractivity contribution in [1.29, 1.82) is 0 Å². The normalized spacial score (nSPS) is 16.7. The summed E-state index contributed by atoms with van der Waals surface area (Å²) in [5.74, 6) is -0.818. The second kappa shape index (κ2) is 7.02. The Bertz CT molecular complexity index is 596. The minimum absolute atomic E-state index is 0.0428. The van der Waals surface area contributed by atoms with E-state index in [9.17, 15) is 9.59 Å². The van der Waals surface area contributed by atoms with Gasteiger partial charge in [0.05, 0.1) is 12.2 Å². The Morgan fingerprint density at radius 1 is 1.29 bits per heavy atom. The molecule has 21 heavy (non-hydrogen) atoms. The number of benzene rings is 1. The molecule has 0 N–H and O–H groups in total. The molecule has 0 saturated carbocycles. The van der Waals surface area contributed by atoms with Gasteiger partial charge in [-0.05, 0) is 24.5 Å². The summed E-state index contributed by atoms with van der Waals surface area (Å²) in [7, 11) is 0. The fraction of sp³-hybridized carbons (Fsp3) is 0.333. The zero-order chi connectivity index (χ0) is 15.2. The quantitative estimate of drug-likeness (QED) is 0.263. The zero-order valence-corrected chi connectivity index (χ0v) is 12.5. The molecule has 0 heterocycles. The number of allylic oxidation sites excluding steroid dienone is 2. The molecule has 0 amide bonds. The highest BCUT2D eigenvalue weighted by Gasteiger charge is 2.21. The lowest BCUT2D eigenvalue weighted by Gasteiger charge is -2.09. The van der Waals surface area contributed by atoms with Crippen LogP contribution in [0.5, 0.6) is 0 Å². The van der Waals surface area contributed by atoms with Crippen molar-refractivity contribution >= 4 is 17.8 Å². The third-order valence-electron chi connectivity index (χ3n) is 3.51. The van der Waals surface area contributed by atoms with E-state index in [0.29, 0.717) is 6.61 Å². The number of hydrogen-bond acceptors (Lipinski definition) is 3. The first kappa shape index (κ1) is 15.2.